The van der Waals surface area contributed by atoms with Crippen LogP contribution < -0.4 is 15.4 Å². The molecule has 0 spiro atoms. The molecular formula is C24H31IN4O2. The molecule has 0 radical (unpaired) electrons. The summed E-state index contributed by atoms with van der Waals surface area (Å²) >= 11 is 0. The van der Waals surface area contributed by atoms with Crippen LogP contribution in [0, 0.1) is 0 Å². The zero-order valence-corrected chi connectivity index (χ0v) is 20.3. The summed E-state index contributed by atoms with van der Waals surface area (Å²) in [5.74, 6) is 2.12. The van der Waals surface area contributed by atoms with Crippen molar-refractivity contribution in [2.45, 2.75) is 37.8 Å². The van der Waals surface area contributed by atoms with E-state index in [9.17, 15) is 4.79 Å². The number of likely N-dealkylation sites (tertiary alicyclic amines) is 1. The SMILES string of the molecule is CN=C(NCc1cccc(OCC(=O)NC2CC2)c1)N1CCC(c2ccccc2)C1.I. The van der Waals surface area contributed by atoms with Crippen LogP contribution in [0.3, 0.4) is 0 Å². The molecule has 1 aliphatic carbocycles. The van der Waals surface area contributed by atoms with Crippen molar-refractivity contribution in [1.82, 2.24) is 15.5 Å². The predicted octanol–water partition coefficient (Wildman–Crippen LogP) is 3.53. The lowest BCUT2D eigenvalue weighted by atomic mass is 9.99. The Kier molecular flexibility index (Phi) is 8.57. The molecule has 2 fully saturated rings. The molecular weight excluding hydrogens is 503 g/mol. The van der Waals surface area contributed by atoms with Gasteiger partial charge in [0.1, 0.15) is 5.75 Å². The molecule has 1 saturated heterocycles. The first-order valence-electron chi connectivity index (χ1n) is 10.7. The first kappa shape index (κ1) is 23.4. The lowest BCUT2D eigenvalue weighted by Crippen LogP contribution is -2.39. The smallest absolute Gasteiger partial charge is 0.258 e. The van der Waals surface area contributed by atoms with E-state index in [1.165, 1.54) is 5.56 Å². The molecule has 31 heavy (non-hydrogen) atoms. The van der Waals surface area contributed by atoms with Gasteiger partial charge in [0.25, 0.3) is 5.91 Å². The fourth-order valence-electron chi connectivity index (χ4n) is 3.85. The quantitative estimate of drug-likeness (QED) is 0.324. The van der Waals surface area contributed by atoms with Crippen molar-refractivity contribution in [3.63, 3.8) is 0 Å². The highest BCUT2D eigenvalue weighted by Gasteiger charge is 2.26. The molecule has 1 aliphatic heterocycles. The number of nitrogens with zero attached hydrogens (tertiary/aromatic N) is 2. The highest BCUT2D eigenvalue weighted by atomic mass is 127. The van der Waals surface area contributed by atoms with E-state index in [0.29, 0.717) is 24.3 Å². The van der Waals surface area contributed by atoms with Crippen LogP contribution in [0.1, 0.15) is 36.3 Å². The van der Waals surface area contributed by atoms with E-state index in [0.717, 1.165) is 43.9 Å². The van der Waals surface area contributed by atoms with E-state index in [2.05, 4.69) is 50.9 Å². The maximum absolute atomic E-state index is 11.8. The minimum absolute atomic E-state index is 0. The molecule has 1 unspecified atom stereocenters. The van der Waals surface area contributed by atoms with Crippen LogP contribution in [0.15, 0.2) is 59.6 Å². The summed E-state index contributed by atoms with van der Waals surface area (Å²) in [4.78, 5) is 18.6. The molecule has 7 heteroatoms. The van der Waals surface area contributed by atoms with Crippen LogP contribution in [-0.4, -0.2) is 49.6 Å². The Morgan fingerprint density at radius 3 is 2.68 bits per heavy atom. The van der Waals surface area contributed by atoms with Crippen LogP contribution in [-0.2, 0) is 11.3 Å². The van der Waals surface area contributed by atoms with Gasteiger partial charge in [0, 0.05) is 38.6 Å². The van der Waals surface area contributed by atoms with Crippen molar-refractivity contribution >= 4 is 35.8 Å². The number of carbonyl (C=O) groups is 1. The van der Waals surface area contributed by atoms with Gasteiger partial charge >= 0.3 is 0 Å². The summed E-state index contributed by atoms with van der Waals surface area (Å²) in [6.07, 6.45) is 3.30. The summed E-state index contributed by atoms with van der Waals surface area (Å²) in [7, 11) is 1.83. The number of halogens is 1. The van der Waals surface area contributed by atoms with Gasteiger partial charge in [-0.2, -0.15) is 0 Å². The van der Waals surface area contributed by atoms with Gasteiger partial charge in [0.05, 0.1) is 0 Å². The third kappa shape index (κ3) is 6.85. The van der Waals surface area contributed by atoms with Crippen molar-refractivity contribution in [3.05, 3.63) is 65.7 Å². The van der Waals surface area contributed by atoms with E-state index in [1.807, 2.05) is 31.3 Å². The Morgan fingerprint density at radius 1 is 1.13 bits per heavy atom. The lowest BCUT2D eigenvalue weighted by Gasteiger charge is -2.22. The average Bonchev–Trinajstić information content (AvgIpc) is 3.46. The van der Waals surface area contributed by atoms with E-state index in [1.54, 1.807) is 0 Å². The average molecular weight is 534 g/mol. The van der Waals surface area contributed by atoms with Gasteiger partial charge in [0.15, 0.2) is 12.6 Å². The summed E-state index contributed by atoms with van der Waals surface area (Å²) in [6.45, 7) is 2.69. The van der Waals surface area contributed by atoms with Crippen LogP contribution in [0.2, 0.25) is 0 Å². The number of rotatable bonds is 7. The van der Waals surface area contributed by atoms with Crippen molar-refractivity contribution in [1.29, 1.82) is 0 Å². The minimum Gasteiger partial charge on any atom is -0.484 e. The first-order valence-corrected chi connectivity index (χ1v) is 10.7. The number of hydrogen-bond donors (Lipinski definition) is 2. The van der Waals surface area contributed by atoms with Crippen molar-refractivity contribution in [2.75, 3.05) is 26.7 Å². The van der Waals surface area contributed by atoms with Crippen LogP contribution in [0.25, 0.3) is 0 Å². The third-order valence-electron chi connectivity index (χ3n) is 5.63. The highest BCUT2D eigenvalue weighted by Crippen LogP contribution is 2.27. The van der Waals surface area contributed by atoms with E-state index in [4.69, 9.17) is 4.74 Å². The van der Waals surface area contributed by atoms with Crippen LogP contribution in [0.4, 0.5) is 0 Å². The minimum atomic E-state index is -0.0524. The first-order chi connectivity index (χ1) is 14.7. The van der Waals surface area contributed by atoms with Gasteiger partial charge in [-0.25, -0.2) is 0 Å². The summed E-state index contributed by atoms with van der Waals surface area (Å²) in [5.41, 5.74) is 2.49. The Balaban J connectivity index is 0.00000272. The number of aliphatic imine (C=N–C) groups is 1. The summed E-state index contributed by atoms with van der Waals surface area (Å²) in [5, 5.41) is 6.40. The van der Waals surface area contributed by atoms with E-state index >= 15 is 0 Å². The molecule has 1 atom stereocenters. The number of hydrogen-bond acceptors (Lipinski definition) is 3. The zero-order chi connectivity index (χ0) is 20.8. The molecule has 0 aromatic heterocycles. The van der Waals surface area contributed by atoms with E-state index < -0.39 is 0 Å². The Hall–Kier alpha value is -2.29. The molecule has 2 N–H and O–H groups in total. The monoisotopic (exact) mass is 534 g/mol. The molecule has 6 nitrogen and oxygen atoms in total. The highest BCUT2D eigenvalue weighted by molar-refractivity contribution is 14.0. The van der Waals surface area contributed by atoms with Gasteiger partial charge < -0.3 is 20.3 Å². The van der Waals surface area contributed by atoms with Gasteiger partial charge in [0.2, 0.25) is 0 Å². The number of guanidine groups is 1. The largest absolute Gasteiger partial charge is 0.484 e. The standard InChI is InChI=1S/C24H30N4O2.HI/c1-25-24(28-13-12-20(16-28)19-7-3-2-4-8-19)26-15-18-6-5-9-22(14-18)30-17-23(29)27-21-10-11-21;/h2-9,14,20-21H,10-13,15-17H2,1H3,(H,25,26)(H,27,29);1H. The van der Waals surface area contributed by atoms with Gasteiger partial charge in [-0.05, 0) is 42.5 Å². The van der Waals surface area contributed by atoms with Crippen molar-refractivity contribution < 1.29 is 9.53 Å². The second-order valence-electron chi connectivity index (χ2n) is 8.02. The molecule has 4 rings (SSSR count). The third-order valence-corrected chi connectivity index (χ3v) is 5.63. The number of ether oxygens (including phenoxy) is 1. The molecule has 2 aliphatic rings. The molecule has 1 saturated carbocycles. The fourth-order valence-corrected chi connectivity index (χ4v) is 3.85. The lowest BCUT2D eigenvalue weighted by molar-refractivity contribution is -0.123. The Bertz CT molecular complexity index is 886. The van der Waals surface area contributed by atoms with E-state index in [-0.39, 0.29) is 36.5 Å². The maximum Gasteiger partial charge on any atom is 0.258 e. The summed E-state index contributed by atoms with van der Waals surface area (Å²) in [6, 6.07) is 18.9. The Labute approximate surface area is 201 Å². The predicted molar refractivity (Wildman–Crippen MR) is 134 cm³/mol. The maximum atomic E-state index is 11.8. The van der Waals surface area contributed by atoms with Crippen LogP contribution in [0.5, 0.6) is 5.75 Å². The van der Waals surface area contributed by atoms with Gasteiger partial charge in [-0.1, -0.05) is 42.5 Å². The zero-order valence-electron chi connectivity index (χ0n) is 17.9. The topological polar surface area (TPSA) is 66.0 Å². The molecule has 1 amide bonds. The van der Waals surface area contributed by atoms with Gasteiger partial charge in [-0.15, -0.1) is 24.0 Å². The fraction of sp³-hybridized carbons (Fsp3) is 0.417. The molecule has 2 aromatic rings. The second kappa shape index (κ2) is 11.4. The van der Waals surface area contributed by atoms with Gasteiger partial charge in [-0.3, -0.25) is 9.79 Å². The molecule has 0 bridgehead atoms. The van der Waals surface area contributed by atoms with Crippen LogP contribution >= 0.6 is 24.0 Å². The second-order valence-corrected chi connectivity index (χ2v) is 8.02. The number of amides is 1. The van der Waals surface area contributed by atoms with Crippen molar-refractivity contribution in [3.8, 4) is 5.75 Å². The number of nitrogens with one attached hydrogen (secondary N) is 2. The normalized spacial score (nSPS) is 18.3. The number of benzene rings is 2. The number of carbonyl (C=O) groups excluding carboxylic acids is 1. The van der Waals surface area contributed by atoms with Crippen molar-refractivity contribution in [2.24, 2.45) is 4.99 Å². The molecule has 166 valence electrons. The Morgan fingerprint density at radius 2 is 1.94 bits per heavy atom. The molecule has 1 heterocycles. The molecule has 2 aromatic carbocycles. The summed E-state index contributed by atoms with van der Waals surface area (Å²) < 4.78 is 5.65.